The smallest absolute Gasteiger partial charge is 0.312 e. The molecule has 2 N–H and O–H groups in total. The lowest BCUT2D eigenvalue weighted by molar-refractivity contribution is -0.145. The maximum atomic E-state index is 12.4. The topological polar surface area (TPSA) is 94.5 Å². The van der Waals surface area contributed by atoms with Gasteiger partial charge >= 0.3 is 5.97 Å². The van der Waals surface area contributed by atoms with E-state index in [9.17, 15) is 15.0 Å². The lowest BCUT2D eigenvalue weighted by Crippen LogP contribution is -2.18. The van der Waals surface area contributed by atoms with Crippen LogP contribution in [-0.4, -0.2) is 37.0 Å². The van der Waals surface area contributed by atoms with Crippen LogP contribution < -0.4 is 9.47 Å². The van der Waals surface area contributed by atoms with Crippen molar-refractivity contribution in [2.24, 2.45) is 11.8 Å². The molecule has 0 aliphatic carbocycles. The van der Waals surface area contributed by atoms with Crippen LogP contribution in [0.15, 0.2) is 36.4 Å². The van der Waals surface area contributed by atoms with E-state index in [1.807, 2.05) is 0 Å². The van der Waals surface area contributed by atoms with Crippen molar-refractivity contribution in [1.29, 1.82) is 0 Å². The Morgan fingerprint density at radius 3 is 2.04 bits per heavy atom. The van der Waals surface area contributed by atoms with Crippen LogP contribution in [0.3, 0.4) is 0 Å². The lowest BCUT2D eigenvalue weighted by atomic mass is 9.85. The number of benzene rings is 2. The highest BCUT2D eigenvalue weighted by atomic mass is 16.6. The third-order valence-corrected chi connectivity index (χ3v) is 5.22. The summed E-state index contributed by atoms with van der Waals surface area (Å²) in [5.74, 6) is -0.203. The van der Waals surface area contributed by atoms with Gasteiger partial charge < -0.3 is 29.2 Å². The summed E-state index contributed by atoms with van der Waals surface area (Å²) in [7, 11) is 2.94. The van der Waals surface area contributed by atoms with Crippen LogP contribution in [0.4, 0.5) is 0 Å². The summed E-state index contributed by atoms with van der Waals surface area (Å²) >= 11 is 0. The summed E-state index contributed by atoms with van der Waals surface area (Å²) in [5.41, 5.74) is 1.53. The van der Waals surface area contributed by atoms with Gasteiger partial charge in [-0.25, -0.2) is 0 Å². The molecule has 2 fully saturated rings. The highest BCUT2D eigenvalue weighted by molar-refractivity contribution is 5.76. The fraction of sp³-hybridized carbons (Fsp3) is 0.350. The van der Waals surface area contributed by atoms with Crippen molar-refractivity contribution >= 4 is 5.97 Å². The number of rotatable bonds is 4. The Kier molecular flexibility index (Phi) is 4.31. The number of fused-ring (bicyclic) bond motifs is 1. The zero-order valence-corrected chi connectivity index (χ0v) is 14.9. The van der Waals surface area contributed by atoms with E-state index >= 15 is 0 Å². The van der Waals surface area contributed by atoms with Gasteiger partial charge in [0.25, 0.3) is 0 Å². The molecular formula is C20H20O7. The predicted molar refractivity (Wildman–Crippen MR) is 93.8 cm³/mol. The van der Waals surface area contributed by atoms with Crippen LogP contribution in [0.25, 0.3) is 0 Å². The number of ether oxygens (including phenoxy) is 4. The van der Waals surface area contributed by atoms with E-state index in [0.717, 1.165) is 11.1 Å². The molecule has 4 unspecified atom stereocenters. The summed E-state index contributed by atoms with van der Waals surface area (Å²) in [5, 5.41) is 19.7. The van der Waals surface area contributed by atoms with E-state index < -0.39 is 12.0 Å². The van der Waals surface area contributed by atoms with Gasteiger partial charge in [-0.15, -0.1) is 0 Å². The molecule has 0 radical (unpaired) electrons. The van der Waals surface area contributed by atoms with E-state index in [0.29, 0.717) is 11.5 Å². The first-order valence-corrected chi connectivity index (χ1v) is 8.59. The number of hydrogen-bond acceptors (Lipinski definition) is 7. The Morgan fingerprint density at radius 1 is 0.926 bits per heavy atom. The normalized spacial score (nSPS) is 26.5. The molecule has 4 rings (SSSR count). The number of aromatic hydroxyl groups is 2. The highest BCUT2D eigenvalue weighted by Crippen LogP contribution is 2.53. The second-order valence-corrected chi connectivity index (χ2v) is 6.66. The van der Waals surface area contributed by atoms with Crippen LogP contribution in [0.2, 0.25) is 0 Å². The average molecular weight is 372 g/mol. The quantitative estimate of drug-likeness (QED) is 0.797. The molecule has 2 aromatic rings. The van der Waals surface area contributed by atoms with Gasteiger partial charge in [0.15, 0.2) is 23.0 Å². The molecule has 0 amide bonds. The van der Waals surface area contributed by atoms with E-state index in [2.05, 4.69) is 0 Å². The third-order valence-electron chi connectivity index (χ3n) is 5.22. The summed E-state index contributed by atoms with van der Waals surface area (Å²) in [4.78, 5) is 12.4. The van der Waals surface area contributed by atoms with E-state index in [1.165, 1.54) is 20.3 Å². The number of carbonyl (C=O) groups is 1. The molecule has 0 bridgehead atoms. The monoisotopic (exact) mass is 372 g/mol. The maximum absolute atomic E-state index is 12.4. The molecule has 2 aliphatic rings. The van der Waals surface area contributed by atoms with E-state index in [4.69, 9.17) is 18.9 Å². The first-order valence-electron chi connectivity index (χ1n) is 8.59. The van der Waals surface area contributed by atoms with Crippen molar-refractivity contribution in [3.63, 3.8) is 0 Å². The molecule has 0 spiro atoms. The fourth-order valence-electron chi connectivity index (χ4n) is 3.87. The number of cyclic esters (lactones) is 1. The second kappa shape index (κ2) is 6.66. The first-order chi connectivity index (χ1) is 13.0. The Balaban J connectivity index is 1.72. The van der Waals surface area contributed by atoms with Crippen molar-refractivity contribution in [2.75, 3.05) is 20.8 Å². The molecule has 142 valence electrons. The molecule has 2 heterocycles. The van der Waals surface area contributed by atoms with E-state index in [-0.39, 0.29) is 36.1 Å². The molecule has 7 nitrogen and oxygen atoms in total. The number of methoxy groups -OCH3 is 2. The van der Waals surface area contributed by atoms with Crippen molar-refractivity contribution < 1.29 is 34.0 Å². The summed E-state index contributed by atoms with van der Waals surface area (Å²) < 4.78 is 21.9. The Morgan fingerprint density at radius 2 is 1.48 bits per heavy atom. The molecule has 7 heteroatoms. The fourth-order valence-corrected chi connectivity index (χ4v) is 3.87. The van der Waals surface area contributed by atoms with Crippen molar-refractivity contribution in [3.8, 4) is 23.0 Å². The van der Waals surface area contributed by atoms with Gasteiger partial charge in [-0.2, -0.15) is 0 Å². The van der Waals surface area contributed by atoms with Crippen LogP contribution in [0, 0.1) is 11.8 Å². The van der Waals surface area contributed by atoms with E-state index in [1.54, 1.807) is 30.3 Å². The second-order valence-electron chi connectivity index (χ2n) is 6.66. The zero-order valence-electron chi connectivity index (χ0n) is 14.9. The Hall–Kier alpha value is -2.93. The number of esters is 1. The summed E-state index contributed by atoms with van der Waals surface area (Å²) in [6.07, 6.45) is -0.912. The maximum Gasteiger partial charge on any atom is 0.312 e. The van der Waals surface area contributed by atoms with Gasteiger partial charge in [0, 0.05) is 5.92 Å². The third kappa shape index (κ3) is 2.84. The van der Waals surface area contributed by atoms with Gasteiger partial charge in [-0.1, -0.05) is 12.1 Å². The summed E-state index contributed by atoms with van der Waals surface area (Å²) in [6, 6.07) is 9.90. The number of phenolic OH excluding ortho intramolecular Hbond substituents is 2. The molecular weight excluding hydrogens is 352 g/mol. The van der Waals surface area contributed by atoms with Crippen molar-refractivity contribution in [1.82, 2.24) is 0 Å². The minimum absolute atomic E-state index is 0.0182. The molecule has 2 saturated heterocycles. The number of carbonyl (C=O) groups excluding carboxylic acids is 1. The molecule has 2 aromatic carbocycles. The first kappa shape index (κ1) is 17.5. The van der Waals surface area contributed by atoms with Crippen LogP contribution in [0.1, 0.15) is 23.3 Å². The SMILES string of the molecule is COc1cc(C2OC(c3ccc(O)c(OC)c3)C3C(=O)OCC23)ccc1O. The molecule has 0 aromatic heterocycles. The van der Waals surface area contributed by atoms with Crippen molar-refractivity contribution in [3.05, 3.63) is 47.5 Å². The molecule has 0 saturated carbocycles. The Bertz CT molecular complexity index is 879. The highest BCUT2D eigenvalue weighted by Gasteiger charge is 2.54. The number of hydrogen-bond donors (Lipinski definition) is 2. The largest absolute Gasteiger partial charge is 0.504 e. The molecule has 2 aliphatic heterocycles. The standard InChI is InChI=1S/C20H20O7/c1-24-15-7-10(3-5-13(15)21)18-12-9-26-20(23)17(12)19(27-18)11-4-6-14(22)16(8-11)25-2/h3-8,12,17-19,21-22H,9H2,1-2H3. The average Bonchev–Trinajstić information content (AvgIpc) is 3.24. The number of phenols is 2. The van der Waals surface area contributed by atoms with Gasteiger partial charge in [0.2, 0.25) is 0 Å². The Labute approximate surface area is 156 Å². The van der Waals surface area contributed by atoms with Crippen LogP contribution in [-0.2, 0) is 14.3 Å². The van der Waals surface area contributed by atoms with Gasteiger partial charge in [-0.3, -0.25) is 4.79 Å². The zero-order chi connectivity index (χ0) is 19.1. The van der Waals surface area contributed by atoms with Gasteiger partial charge in [0.1, 0.15) is 0 Å². The van der Waals surface area contributed by atoms with Gasteiger partial charge in [0.05, 0.1) is 39.0 Å². The summed E-state index contributed by atoms with van der Waals surface area (Å²) in [6.45, 7) is 0.267. The minimum atomic E-state index is -0.524. The van der Waals surface area contributed by atoms with Gasteiger partial charge in [-0.05, 0) is 35.4 Å². The van der Waals surface area contributed by atoms with Crippen LogP contribution in [0.5, 0.6) is 23.0 Å². The molecule has 27 heavy (non-hydrogen) atoms. The van der Waals surface area contributed by atoms with Crippen molar-refractivity contribution in [2.45, 2.75) is 12.2 Å². The molecule has 4 atom stereocenters. The minimum Gasteiger partial charge on any atom is -0.504 e. The lowest BCUT2D eigenvalue weighted by Gasteiger charge is -2.19. The predicted octanol–water partition coefficient (Wildman–Crippen LogP) is 2.72. The van der Waals surface area contributed by atoms with Crippen LogP contribution >= 0.6 is 0 Å².